The first kappa shape index (κ1) is 43.8. The number of hydrogen-bond acceptors (Lipinski definition) is 6. The largest absolute Gasteiger partial charge is 0.308 e. The zero-order valence-corrected chi connectivity index (χ0v) is 38.8. The number of rotatable bonds is 7. The van der Waals surface area contributed by atoms with E-state index in [1.807, 2.05) is 103 Å². The lowest BCUT2D eigenvalue weighted by molar-refractivity contribution is 1.06. The van der Waals surface area contributed by atoms with Gasteiger partial charge < -0.3 is 9.13 Å². The van der Waals surface area contributed by atoms with Crippen LogP contribution in [0.25, 0.3) is 126 Å². The van der Waals surface area contributed by atoms with Crippen LogP contribution in [-0.2, 0) is 0 Å². The predicted octanol–water partition coefficient (Wildman–Crippen LogP) is 15.7. The molecule has 0 atom stereocenters. The van der Waals surface area contributed by atoms with Gasteiger partial charge in [0, 0.05) is 43.8 Å². The Morgan fingerprint density at radius 2 is 0.770 bits per heavy atom. The quantitative estimate of drug-likeness (QED) is 0.146. The standard InChI is InChI=1S/C63H31N11/c1-67-46-26-40(37-66)25-44(29-46)42-19-23-57-51(32-42)49-13-7-9-15-55(49)73(57)59-21-17-38(35-64)27-53(59)62-70-61(41-11-5-4-6-12-41)71-63(72-62)54-28-39(36-65)18-22-60(54)74-56-16-10-8-14-50(56)52-33-43(20-24-58(52)74)45-30-47(68-2)34-48(31-45)69-3/h4-34H. The molecule has 0 bridgehead atoms. The Balaban J connectivity index is 1.09. The fourth-order valence-electron chi connectivity index (χ4n) is 9.91. The van der Waals surface area contributed by atoms with Gasteiger partial charge in [0.05, 0.1) is 82.5 Å². The van der Waals surface area contributed by atoms with Gasteiger partial charge in [0.15, 0.2) is 34.5 Å². The molecular formula is C63H31N11. The van der Waals surface area contributed by atoms with Gasteiger partial charge in [-0.3, -0.25) is 0 Å². The summed E-state index contributed by atoms with van der Waals surface area (Å²) in [6.07, 6.45) is 0. The summed E-state index contributed by atoms with van der Waals surface area (Å²) in [6.45, 7) is 23.0. The third kappa shape index (κ3) is 7.38. The Morgan fingerprint density at radius 3 is 1.26 bits per heavy atom. The smallest absolute Gasteiger partial charge is 0.189 e. The van der Waals surface area contributed by atoms with E-state index in [1.54, 1.807) is 60.7 Å². The minimum atomic E-state index is 0.295. The number of hydrogen-bond donors (Lipinski definition) is 0. The predicted molar refractivity (Wildman–Crippen MR) is 289 cm³/mol. The monoisotopic (exact) mass is 941 g/mol. The van der Waals surface area contributed by atoms with Gasteiger partial charge in [0.1, 0.15) is 0 Å². The highest BCUT2D eigenvalue weighted by atomic mass is 15.1. The minimum absolute atomic E-state index is 0.295. The fraction of sp³-hybridized carbons (Fsp3) is 0. The molecule has 0 radical (unpaired) electrons. The van der Waals surface area contributed by atoms with Crippen molar-refractivity contribution < 1.29 is 0 Å². The van der Waals surface area contributed by atoms with Crippen LogP contribution in [0.1, 0.15) is 16.7 Å². The molecule has 0 spiro atoms. The maximum atomic E-state index is 10.4. The molecule has 9 aromatic carbocycles. The first-order chi connectivity index (χ1) is 36.4. The molecule has 74 heavy (non-hydrogen) atoms. The Labute approximate surface area is 423 Å². The molecule has 0 aliphatic rings. The third-order valence-electron chi connectivity index (χ3n) is 13.2. The second-order valence-electron chi connectivity index (χ2n) is 17.5. The van der Waals surface area contributed by atoms with Crippen LogP contribution in [0.3, 0.4) is 0 Å². The van der Waals surface area contributed by atoms with Gasteiger partial charge in [-0.15, -0.1) is 0 Å². The van der Waals surface area contributed by atoms with Gasteiger partial charge in [-0.05, 0) is 113 Å². The third-order valence-corrected chi connectivity index (χ3v) is 13.2. The highest BCUT2D eigenvalue weighted by Gasteiger charge is 2.24. The number of benzene rings is 9. The van der Waals surface area contributed by atoms with E-state index in [1.165, 1.54) is 0 Å². The molecular weight excluding hydrogens is 911 g/mol. The van der Waals surface area contributed by atoms with Crippen molar-refractivity contribution in [3.8, 4) is 86.0 Å². The first-order valence-corrected chi connectivity index (χ1v) is 23.2. The van der Waals surface area contributed by atoms with E-state index >= 15 is 0 Å². The topological polar surface area (TPSA) is 133 Å². The minimum Gasteiger partial charge on any atom is -0.308 e. The van der Waals surface area contributed by atoms with Crippen molar-refractivity contribution in [2.24, 2.45) is 0 Å². The fourth-order valence-corrected chi connectivity index (χ4v) is 9.91. The zero-order chi connectivity index (χ0) is 50.5. The number of fused-ring (bicyclic) bond motifs is 6. The summed E-state index contributed by atoms with van der Waals surface area (Å²) in [5.74, 6) is 0.971. The van der Waals surface area contributed by atoms with Gasteiger partial charge in [-0.1, -0.05) is 97.1 Å². The molecule has 3 aromatic heterocycles. The molecule has 338 valence electrons. The lowest BCUT2D eigenvalue weighted by Crippen LogP contribution is -2.06. The molecule has 12 aromatic rings. The van der Waals surface area contributed by atoms with Gasteiger partial charge in [0.25, 0.3) is 0 Å². The Morgan fingerprint density at radius 1 is 0.338 bits per heavy atom. The molecule has 0 N–H and O–H groups in total. The molecule has 0 aliphatic carbocycles. The second-order valence-corrected chi connectivity index (χ2v) is 17.5. The summed E-state index contributed by atoms with van der Waals surface area (Å²) in [5.41, 5.74) is 12.3. The first-order valence-electron chi connectivity index (χ1n) is 23.2. The molecule has 3 heterocycles. The number of nitrogens with zero attached hydrogens (tertiary/aromatic N) is 11. The van der Waals surface area contributed by atoms with Gasteiger partial charge in [-0.25, -0.2) is 29.5 Å². The average Bonchev–Trinajstić information content (AvgIpc) is 3.99. The summed E-state index contributed by atoms with van der Waals surface area (Å²) in [7, 11) is 0. The van der Waals surface area contributed by atoms with Crippen LogP contribution < -0.4 is 0 Å². The van der Waals surface area contributed by atoms with E-state index in [9.17, 15) is 15.8 Å². The Hall–Kier alpha value is -11.5. The summed E-state index contributed by atoms with van der Waals surface area (Å²) >= 11 is 0. The molecule has 0 amide bonds. The van der Waals surface area contributed by atoms with Crippen molar-refractivity contribution >= 4 is 60.7 Å². The van der Waals surface area contributed by atoms with Crippen molar-refractivity contribution in [3.63, 3.8) is 0 Å². The lowest BCUT2D eigenvalue weighted by Gasteiger charge is -2.17. The van der Waals surface area contributed by atoms with Crippen LogP contribution in [0, 0.1) is 53.7 Å². The molecule has 11 heteroatoms. The van der Waals surface area contributed by atoms with Crippen LogP contribution in [0.5, 0.6) is 0 Å². The van der Waals surface area contributed by atoms with Crippen molar-refractivity contribution in [3.05, 3.63) is 239 Å². The molecule has 12 rings (SSSR count). The summed E-state index contributed by atoms with van der Waals surface area (Å²) < 4.78 is 4.28. The van der Waals surface area contributed by atoms with E-state index in [-0.39, 0.29) is 0 Å². The van der Waals surface area contributed by atoms with E-state index in [4.69, 9.17) is 34.7 Å². The van der Waals surface area contributed by atoms with Crippen LogP contribution in [0.2, 0.25) is 0 Å². The summed E-state index contributed by atoms with van der Waals surface area (Å²) in [6, 6.07) is 66.1. The van der Waals surface area contributed by atoms with E-state index in [0.29, 0.717) is 73.7 Å². The second kappa shape index (κ2) is 17.8. The molecule has 0 unspecified atom stereocenters. The van der Waals surface area contributed by atoms with Crippen molar-refractivity contribution in [2.45, 2.75) is 0 Å². The van der Waals surface area contributed by atoms with Crippen molar-refractivity contribution in [1.29, 1.82) is 15.8 Å². The lowest BCUT2D eigenvalue weighted by atomic mass is 10.00. The van der Waals surface area contributed by atoms with Crippen molar-refractivity contribution in [2.75, 3.05) is 0 Å². The number of para-hydroxylation sites is 2. The normalized spacial score (nSPS) is 10.9. The summed E-state index contributed by atoms with van der Waals surface area (Å²) in [5, 5.41) is 34.5. The molecule has 0 aliphatic heterocycles. The molecule has 0 saturated carbocycles. The van der Waals surface area contributed by atoms with Gasteiger partial charge in [-0.2, -0.15) is 15.8 Å². The zero-order valence-electron chi connectivity index (χ0n) is 38.8. The molecule has 0 fully saturated rings. The highest BCUT2D eigenvalue weighted by Crippen LogP contribution is 2.42. The van der Waals surface area contributed by atoms with Crippen LogP contribution >= 0.6 is 0 Å². The summed E-state index contributed by atoms with van der Waals surface area (Å²) in [4.78, 5) is 26.6. The van der Waals surface area contributed by atoms with E-state index < -0.39 is 0 Å². The van der Waals surface area contributed by atoms with E-state index in [0.717, 1.165) is 71.4 Å². The van der Waals surface area contributed by atoms with Gasteiger partial charge in [0.2, 0.25) is 0 Å². The van der Waals surface area contributed by atoms with Crippen LogP contribution in [0.4, 0.5) is 17.1 Å². The highest BCUT2D eigenvalue weighted by molar-refractivity contribution is 6.12. The van der Waals surface area contributed by atoms with Gasteiger partial charge >= 0.3 is 0 Å². The average molecular weight is 942 g/mol. The Kier molecular flexibility index (Phi) is 10.5. The van der Waals surface area contributed by atoms with Crippen LogP contribution in [0.15, 0.2) is 188 Å². The van der Waals surface area contributed by atoms with E-state index in [2.05, 4.69) is 66.1 Å². The molecule has 0 saturated heterocycles. The number of nitriles is 3. The number of aromatic nitrogens is 5. The maximum absolute atomic E-state index is 10.4. The SMILES string of the molecule is [C-]#[N+]c1cc(C#N)cc(-c2ccc3c(c2)c2ccccc2n3-c2ccc(C#N)cc2-c2nc(-c3ccccc3)nc(-c3cc(C#N)ccc3-n3c4ccccc4c4cc(-c5cc([N+]#[C-])cc([N+]#[C-])c5)ccc43)n2)c1. The molecule has 11 nitrogen and oxygen atoms in total. The Bertz CT molecular complexity index is 4300. The van der Waals surface area contributed by atoms with Crippen molar-refractivity contribution in [1.82, 2.24) is 24.1 Å². The maximum Gasteiger partial charge on any atom is 0.189 e. The van der Waals surface area contributed by atoms with Crippen LogP contribution in [-0.4, -0.2) is 24.1 Å².